The van der Waals surface area contributed by atoms with E-state index in [9.17, 15) is 0 Å². The van der Waals surface area contributed by atoms with E-state index in [2.05, 4.69) is 71.5 Å². The SMILES string of the molecule is CCn1nc(CNCCc2ccccc2)c2ccccc21. The van der Waals surface area contributed by atoms with Crippen LogP contribution in [0.1, 0.15) is 18.2 Å². The maximum atomic E-state index is 4.71. The average molecular weight is 279 g/mol. The summed E-state index contributed by atoms with van der Waals surface area (Å²) < 4.78 is 2.07. The highest BCUT2D eigenvalue weighted by atomic mass is 15.3. The summed E-state index contributed by atoms with van der Waals surface area (Å²) in [5, 5.41) is 9.47. The molecule has 0 saturated heterocycles. The maximum absolute atomic E-state index is 4.71. The van der Waals surface area contributed by atoms with Crippen LogP contribution < -0.4 is 5.32 Å². The molecular formula is C18H21N3. The van der Waals surface area contributed by atoms with E-state index in [1.165, 1.54) is 16.5 Å². The molecule has 0 radical (unpaired) electrons. The van der Waals surface area contributed by atoms with Crippen LogP contribution >= 0.6 is 0 Å². The number of hydrogen-bond acceptors (Lipinski definition) is 2. The molecule has 3 aromatic rings. The Labute approximate surface area is 125 Å². The fourth-order valence-electron chi connectivity index (χ4n) is 2.65. The molecule has 1 aromatic heterocycles. The predicted molar refractivity (Wildman–Crippen MR) is 87.3 cm³/mol. The first-order valence-electron chi connectivity index (χ1n) is 7.57. The number of nitrogens with one attached hydrogen (secondary N) is 1. The average Bonchev–Trinajstić information content (AvgIpc) is 2.91. The molecule has 0 aliphatic rings. The fraction of sp³-hybridized carbons (Fsp3) is 0.278. The van der Waals surface area contributed by atoms with Gasteiger partial charge in [0, 0.05) is 18.5 Å². The highest BCUT2D eigenvalue weighted by Crippen LogP contribution is 2.18. The molecule has 1 heterocycles. The number of aryl methyl sites for hydroxylation is 1. The minimum Gasteiger partial charge on any atom is -0.311 e. The van der Waals surface area contributed by atoms with Crippen LogP contribution in [0.25, 0.3) is 10.9 Å². The number of nitrogens with zero attached hydrogens (tertiary/aromatic N) is 2. The van der Waals surface area contributed by atoms with Gasteiger partial charge < -0.3 is 5.32 Å². The maximum Gasteiger partial charge on any atom is 0.0841 e. The first-order chi connectivity index (χ1) is 10.4. The molecule has 0 unspecified atom stereocenters. The Morgan fingerprint density at radius 2 is 1.76 bits per heavy atom. The Hall–Kier alpha value is -2.13. The van der Waals surface area contributed by atoms with Crippen molar-refractivity contribution in [3.8, 4) is 0 Å². The molecular weight excluding hydrogens is 258 g/mol. The topological polar surface area (TPSA) is 29.9 Å². The molecule has 108 valence electrons. The third kappa shape index (κ3) is 3.14. The Morgan fingerprint density at radius 3 is 2.57 bits per heavy atom. The van der Waals surface area contributed by atoms with Crippen molar-refractivity contribution in [2.75, 3.05) is 6.54 Å². The standard InChI is InChI=1S/C18H21N3/c1-2-21-18-11-7-6-10-16(18)17(20-21)14-19-13-12-15-8-4-3-5-9-15/h3-11,19H,2,12-14H2,1H3. The van der Waals surface area contributed by atoms with Crippen molar-refractivity contribution in [1.29, 1.82) is 0 Å². The van der Waals surface area contributed by atoms with Crippen molar-refractivity contribution >= 4 is 10.9 Å². The lowest BCUT2D eigenvalue weighted by atomic mass is 10.1. The summed E-state index contributed by atoms with van der Waals surface area (Å²) in [6, 6.07) is 19.0. The normalized spacial score (nSPS) is 11.1. The number of rotatable bonds is 6. The van der Waals surface area contributed by atoms with Gasteiger partial charge >= 0.3 is 0 Å². The molecule has 3 heteroatoms. The summed E-state index contributed by atoms with van der Waals surface area (Å²) in [6.07, 6.45) is 1.05. The Bertz CT molecular complexity index is 701. The molecule has 0 aliphatic heterocycles. The van der Waals surface area contributed by atoms with Gasteiger partial charge in [-0.05, 0) is 31.5 Å². The van der Waals surface area contributed by atoms with Crippen molar-refractivity contribution < 1.29 is 0 Å². The molecule has 0 fully saturated rings. The number of para-hydroxylation sites is 1. The van der Waals surface area contributed by atoms with Gasteiger partial charge in [-0.25, -0.2) is 0 Å². The first kappa shape index (κ1) is 13.8. The molecule has 0 aliphatic carbocycles. The van der Waals surface area contributed by atoms with Crippen LogP contribution in [0.4, 0.5) is 0 Å². The second-order valence-corrected chi connectivity index (χ2v) is 5.19. The van der Waals surface area contributed by atoms with Gasteiger partial charge in [0.15, 0.2) is 0 Å². The minimum atomic E-state index is 0.820. The Kier molecular flexibility index (Phi) is 4.31. The van der Waals surface area contributed by atoms with Gasteiger partial charge in [-0.15, -0.1) is 0 Å². The van der Waals surface area contributed by atoms with Crippen molar-refractivity contribution in [3.05, 3.63) is 65.9 Å². The number of aromatic nitrogens is 2. The van der Waals surface area contributed by atoms with E-state index in [0.717, 1.165) is 31.7 Å². The van der Waals surface area contributed by atoms with E-state index < -0.39 is 0 Å². The zero-order valence-corrected chi connectivity index (χ0v) is 12.4. The smallest absolute Gasteiger partial charge is 0.0841 e. The third-order valence-corrected chi connectivity index (χ3v) is 3.76. The van der Waals surface area contributed by atoms with Gasteiger partial charge in [0.2, 0.25) is 0 Å². The molecule has 0 bridgehead atoms. The Balaban J connectivity index is 1.63. The van der Waals surface area contributed by atoms with Crippen LogP contribution in [0, 0.1) is 0 Å². The quantitative estimate of drug-likeness (QED) is 0.701. The lowest BCUT2D eigenvalue weighted by molar-refractivity contribution is 0.631. The number of hydrogen-bond donors (Lipinski definition) is 1. The van der Waals surface area contributed by atoms with Crippen molar-refractivity contribution in [2.45, 2.75) is 26.4 Å². The summed E-state index contributed by atoms with van der Waals surface area (Å²) in [7, 11) is 0. The monoisotopic (exact) mass is 279 g/mol. The van der Waals surface area contributed by atoms with Gasteiger partial charge in [-0.3, -0.25) is 4.68 Å². The minimum absolute atomic E-state index is 0.820. The molecule has 0 amide bonds. The predicted octanol–water partition coefficient (Wildman–Crippen LogP) is 3.39. The van der Waals surface area contributed by atoms with Crippen molar-refractivity contribution in [3.63, 3.8) is 0 Å². The Morgan fingerprint density at radius 1 is 1.00 bits per heavy atom. The van der Waals surface area contributed by atoms with Crippen LogP contribution in [0.3, 0.4) is 0 Å². The summed E-state index contributed by atoms with van der Waals surface area (Å²) >= 11 is 0. The highest BCUT2D eigenvalue weighted by molar-refractivity contribution is 5.81. The first-order valence-corrected chi connectivity index (χ1v) is 7.57. The van der Waals surface area contributed by atoms with E-state index in [1.807, 2.05) is 0 Å². The van der Waals surface area contributed by atoms with Crippen LogP contribution in [-0.4, -0.2) is 16.3 Å². The van der Waals surface area contributed by atoms with Gasteiger partial charge in [0.05, 0.1) is 11.2 Å². The van der Waals surface area contributed by atoms with Crippen molar-refractivity contribution in [1.82, 2.24) is 15.1 Å². The molecule has 0 spiro atoms. The van der Waals surface area contributed by atoms with Gasteiger partial charge in [0.25, 0.3) is 0 Å². The summed E-state index contributed by atoms with van der Waals surface area (Å²) in [4.78, 5) is 0. The van der Waals surface area contributed by atoms with Crippen LogP contribution in [0.15, 0.2) is 54.6 Å². The van der Waals surface area contributed by atoms with E-state index in [4.69, 9.17) is 5.10 Å². The number of benzene rings is 2. The van der Waals surface area contributed by atoms with E-state index >= 15 is 0 Å². The van der Waals surface area contributed by atoms with Crippen LogP contribution in [0.5, 0.6) is 0 Å². The second-order valence-electron chi connectivity index (χ2n) is 5.19. The molecule has 0 atom stereocenters. The molecule has 3 nitrogen and oxygen atoms in total. The molecule has 3 rings (SSSR count). The number of fused-ring (bicyclic) bond motifs is 1. The summed E-state index contributed by atoms with van der Waals surface area (Å²) in [6.45, 7) is 4.83. The van der Waals surface area contributed by atoms with E-state index in [-0.39, 0.29) is 0 Å². The molecule has 21 heavy (non-hydrogen) atoms. The van der Waals surface area contributed by atoms with Crippen LogP contribution in [0.2, 0.25) is 0 Å². The highest BCUT2D eigenvalue weighted by Gasteiger charge is 2.08. The largest absolute Gasteiger partial charge is 0.311 e. The third-order valence-electron chi connectivity index (χ3n) is 3.76. The molecule has 0 saturated carbocycles. The summed E-state index contributed by atoms with van der Waals surface area (Å²) in [5.74, 6) is 0. The van der Waals surface area contributed by atoms with Gasteiger partial charge in [-0.1, -0.05) is 48.5 Å². The molecule has 1 N–H and O–H groups in total. The fourth-order valence-corrected chi connectivity index (χ4v) is 2.65. The van der Waals surface area contributed by atoms with Gasteiger partial charge in [0.1, 0.15) is 0 Å². The second kappa shape index (κ2) is 6.55. The lowest BCUT2D eigenvalue weighted by Gasteiger charge is -2.03. The molecule has 2 aromatic carbocycles. The van der Waals surface area contributed by atoms with Gasteiger partial charge in [-0.2, -0.15) is 5.10 Å². The van der Waals surface area contributed by atoms with Crippen molar-refractivity contribution in [2.24, 2.45) is 0 Å². The zero-order chi connectivity index (χ0) is 14.5. The van der Waals surface area contributed by atoms with E-state index in [1.54, 1.807) is 0 Å². The summed E-state index contributed by atoms with van der Waals surface area (Å²) in [5.41, 5.74) is 3.73. The lowest BCUT2D eigenvalue weighted by Crippen LogP contribution is -2.17. The van der Waals surface area contributed by atoms with E-state index in [0.29, 0.717) is 0 Å². The van der Waals surface area contributed by atoms with Crippen LogP contribution in [-0.2, 0) is 19.5 Å². The zero-order valence-electron chi connectivity index (χ0n) is 12.4.